The van der Waals surface area contributed by atoms with Crippen LogP contribution in [0.2, 0.25) is 5.02 Å². The number of hydrogen-bond donors (Lipinski definition) is 2. The SMILES string of the molecule is CCc1ccc(CNc2ccc(C(=O)O)c(Cl)c2)s1. The Labute approximate surface area is 120 Å². The third-order valence-electron chi connectivity index (χ3n) is 2.73. The Hall–Kier alpha value is -1.52. The molecule has 2 N–H and O–H groups in total. The van der Waals surface area contributed by atoms with Gasteiger partial charge in [-0.3, -0.25) is 0 Å². The van der Waals surface area contributed by atoms with Gasteiger partial charge in [0.15, 0.2) is 0 Å². The minimum Gasteiger partial charge on any atom is -0.478 e. The lowest BCUT2D eigenvalue weighted by atomic mass is 10.2. The van der Waals surface area contributed by atoms with Crippen LogP contribution in [0.5, 0.6) is 0 Å². The van der Waals surface area contributed by atoms with Gasteiger partial charge in [0.2, 0.25) is 0 Å². The smallest absolute Gasteiger partial charge is 0.337 e. The highest BCUT2D eigenvalue weighted by molar-refractivity contribution is 7.12. The number of nitrogens with one attached hydrogen (secondary N) is 1. The fourth-order valence-electron chi connectivity index (χ4n) is 1.70. The summed E-state index contributed by atoms with van der Waals surface area (Å²) in [5.41, 5.74) is 0.943. The van der Waals surface area contributed by atoms with Crippen molar-refractivity contribution >= 4 is 34.6 Å². The van der Waals surface area contributed by atoms with E-state index in [9.17, 15) is 4.79 Å². The van der Waals surface area contributed by atoms with E-state index in [0.29, 0.717) is 6.54 Å². The van der Waals surface area contributed by atoms with Crippen molar-refractivity contribution in [2.45, 2.75) is 19.9 Å². The fraction of sp³-hybridized carbons (Fsp3) is 0.214. The molecule has 2 rings (SSSR count). The standard InChI is InChI=1S/C14H14ClNO2S/c1-2-10-4-5-11(19-10)8-16-9-3-6-12(14(17)18)13(15)7-9/h3-7,16H,2,8H2,1H3,(H,17,18). The second-order valence-corrected chi connectivity index (χ2v) is 5.73. The fourth-order valence-corrected chi connectivity index (χ4v) is 2.85. The van der Waals surface area contributed by atoms with E-state index in [4.69, 9.17) is 16.7 Å². The van der Waals surface area contributed by atoms with E-state index in [1.54, 1.807) is 23.5 Å². The number of aryl methyl sites for hydroxylation is 1. The van der Waals surface area contributed by atoms with Gasteiger partial charge in [0, 0.05) is 22.0 Å². The predicted molar refractivity (Wildman–Crippen MR) is 79.4 cm³/mol. The normalized spacial score (nSPS) is 10.4. The molecule has 5 heteroatoms. The number of thiophene rings is 1. The summed E-state index contributed by atoms with van der Waals surface area (Å²) in [6.07, 6.45) is 1.05. The Balaban J connectivity index is 2.03. The van der Waals surface area contributed by atoms with Crippen molar-refractivity contribution in [2.24, 2.45) is 0 Å². The second kappa shape index (κ2) is 6.08. The van der Waals surface area contributed by atoms with Crippen LogP contribution in [-0.2, 0) is 13.0 Å². The number of carboxylic acid groups (broad SMARTS) is 1. The maximum atomic E-state index is 10.8. The van der Waals surface area contributed by atoms with Crippen molar-refractivity contribution in [3.63, 3.8) is 0 Å². The first-order valence-electron chi connectivity index (χ1n) is 5.94. The molecule has 0 spiro atoms. The van der Waals surface area contributed by atoms with Crippen LogP contribution in [0.15, 0.2) is 30.3 Å². The zero-order valence-electron chi connectivity index (χ0n) is 10.4. The highest BCUT2D eigenvalue weighted by Crippen LogP contribution is 2.23. The molecule has 3 nitrogen and oxygen atoms in total. The van der Waals surface area contributed by atoms with E-state index >= 15 is 0 Å². The summed E-state index contributed by atoms with van der Waals surface area (Å²) in [7, 11) is 0. The molecule has 1 aromatic heterocycles. The van der Waals surface area contributed by atoms with Gasteiger partial charge >= 0.3 is 5.97 Å². The Bertz CT molecular complexity index is 595. The number of benzene rings is 1. The van der Waals surface area contributed by atoms with Crippen molar-refractivity contribution in [3.05, 3.63) is 50.7 Å². The molecule has 0 fully saturated rings. The van der Waals surface area contributed by atoms with Crippen molar-refractivity contribution in [1.82, 2.24) is 0 Å². The van der Waals surface area contributed by atoms with E-state index in [0.717, 1.165) is 12.1 Å². The minimum absolute atomic E-state index is 0.122. The molecule has 0 aliphatic heterocycles. The molecule has 1 aromatic carbocycles. The summed E-state index contributed by atoms with van der Waals surface area (Å²) in [5, 5.41) is 12.4. The van der Waals surface area contributed by atoms with Crippen molar-refractivity contribution in [3.8, 4) is 0 Å². The molecular formula is C14H14ClNO2S. The lowest BCUT2D eigenvalue weighted by Crippen LogP contribution is -2.00. The first kappa shape index (κ1) is 13.9. The van der Waals surface area contributed by atoms with Crippen LogP contribution in [0, 0.1) is 0 Å². The molecule has 100 valence electrons. The summed E-state index contributed by atoms with van der Waals surface area (Å²) in [5.74, 6) is -1.01. The first-order valence-corrected chi connectivity index (χ1v) is 7.14. The monoisotopic (exact) mass is 295 g/mol. The Morgan fingerprint density at radius 1 is 1.32 bits per heavy atom. The molecule has 1 heterocycles. The number of halogens is 1. The van der Waals surface area contributed by atoms with Crippen molar-refractivity contribution in [2.75, 3.05) is 5.32 Å². The predicted octanol–water partition coefficient (Wildman–Crippen LogP) is 4.27. The number of hydrogen-bond acceptors (Lipinski definition) is 3. The third-order valence-corrected chi connectivity index (χ3v) is 4.27. The molecule has 0 unspecified atom stereocenters. The van der Waals surface area contributed by atoms with Crippen LogP contribution < -0.4 is 5.32 Å². The Kier molecular flexibility index (Phi) is 4.45. The molecule has 0 aliphatic carbocycles. The van der Waals surface area contributed by atoms with E-state index in [2.05, 4.69) is 24.4 Å². The van der Waals surface area contributed by atoms with Gasteiger partial charge in [0.25, 0.3) is 0 Å². The van der Waals surface area contributed by atoms with E-state index < -0.39 is 5.97 Å². The molecule has 2 aromatic rings. The van der Waals surface area contributed by atoms with Crippen LogP contribution in [0.4, 0.5) is 5.69 Å². The van der Waals surface area contributed by atoms with Crippen LogP contribution in [0.1, 0.15) is 27.0 Å². The molecule has 0 radical (unpaired) electrons. The Morgan fingerprint density at radius 2 is 2.05 bits per heavy atom. The number of aromatic carboxylic acids is 1. The molecule has 0 atom stereocenters. The summed E-state index contributed by atoms with van der Waals surface area (Å²) in [6, 6.07) is 9.10. The zero-order chi connectivity index (χ0) is 13.8. The topological polar surface area (TPSA) is 49.3 Å². The van der Waals surface area contributed by atoms with E-state index in [1.165, 1.54) is 15.8 Å². The molecular weight excluding hydrogens is 282 g/mol. The van der Waals surface area contributed by atoms with Crippen LogP contribution in [-0.4, -0.2) is 11.1 Å². The molecule has 0 saturated carbocycles. The first-order chi connectivity index (χ1) is 9.10. The van der Waals surface area contributed by atoms with Gasteiger partial charge in [-0.05, 0) is 36.8 Å². The van der Waals surface area contributed by atoms with Gasteiger partial charge < -0.3 is 10.4 Å². The number of anilines is 1. The van der Waals surface area contributed by atoms with Gasteiger partial charge in [0.05, 0.1) is 10.6 Å². The van der Waals surface area contributed by atoms with Crippen molar-refractivity contribution in [1.29, 1.82) is 0 Å². The summed E-state index contributed by atoms with van der Waals surface area (Å²) in [4.78, 5) is 13.4. The minimum atomic E-state index is -1.01. The van der Waals surface area contributed by atoms with Crippen LogP contribution >= 0.6 is 22.9 Å². The van der Waals surface area contributed by atoms with Crippen molar-refractivity contribution < 1.29 is 9.90 Å². The van der Waals surface area contributed by atoms with E-state index in [-0.39, 0.29) is 10.6 Å². The molecule has 19 heavy (non-hydrogen) atoms. The highest BCUT2D eigenvalue weighted by Gasteiger charge is 2.08. The molecule has 0 saturated heterocycles. The second-order valence-electron chi connectivity index (χ2n) is 4.07. The van der Waals surface area contributed by atoms with Gasteiger partial charge in [-0.1, -0.05) is 18.5 Å². The molecule has 0 amide bonds. The number of carbonyl (C=O) groups is 1. The zero-order valence-corrected chi connectivity index (χ0v) is 12.0. The van der Waals surface area contributed by atoms with Crippen LogP contribution in [0.25, 0.3) is 0 Å². The van der Waals surface area contributed by atoms with E-state index in [1.807, 2.05) is 0 Å². The third kappa shape index (κ3) is 3.49. The maximum absolute atomic E-state index is 10.8. The summed E-state index contributed by atoms with van der Waals surface area (Å²) in [6.45, 7) is 2.85. The van der Waals surface area contributed by atoms with Gasteiger partial charge in [0.1, 0.15) is 0 Å². The summed E-state index contributed by atoms with van der Waals surface area (Å²) >= 11 is 7.69. The average molecular weight is 296 g/mol. The molecule has 0 bridgehead atoms. The highest BCUT2D eigenvalue weighted by atomic mass is 35.5. The maximum Gasteiger partial charge on any atom is 0.337 e. The molecule has 0 aliphatic rings. The van der Waals surface area contributed by atoms with Gasteiger partial charge in [-0.2, -0.15) is 0 Å². The Morgan fingerprint density at radius 3 is 2.63 bits per heavy atom. The van der Waals surface area contributed by atoms with Gasteiger partial charge in [-0.15, -0.1) is 11.3 Å². The van der Waals surface area contributed by atoms with Gasteiger partial charge in [-0.25, -0.2) is 4.79 Å². The van der Waals surface area contributed by atoms with Crippen LogP contribution in [0.3, 0.4) is 0 Å². The number of carboxylic acids is 1. The lowest BCUT2D eigenvalue weighted by Gasteiger charge is -2.06. The lowest BCUT2D eigenvalue weighted by molar-refractivity contribution is 0.0697. The summed E-state index contributed by atoms with van der Waals surface area (Å²) < 4.78 is 0. The quantitative estimate of drug-likeness (QED) is 0.866. The largest absolute Gasteiger partial charge is 0.478 e. The number of rotatable bonds is 5. The average Bonchev–Trinajstić information content (AvgIpc) is 2.84.